The molecular weight excluding hydrogens is 290 g/mol. The maximum atomic E-state index is 11.6. The van der Waals surface area contributed by atoms with Crippen LogP contribution in [0.3, 0.4) is 0 Å². The summed E-state index contributed by atoms with van der Waals surface area (Å²) in [6, 6.07) is 6.86. The molecule has 0 aromatic heterocycles. The Hall–Kier alpha value is -1.15. The number of nitrogens with two attached hydrogens (primary N) is 2. The Morgan fingerprint density at radius 3 is 2.52 bits per heavy atom. The van der Waals surface area contributed by atoms with Crippen molar-refractivity contribution in [2.24, 2.45) is 10.9 Å². The number of primary sulfonamides is 1. The van der Waals surface area contributed by atoms with Crippen molar-refractivity contribution in [2.45, 2.75) is 30.3 Å². The highest BCUT2D eigenvalue weighted by Gasteiger charge is 2.23. The maximum Gasteiger partial charge on any atom is 0.240 e. The molecule has 0 saturated carbocycles. The second-order valence-corrected chi connectivity index (χ2v) is 6.74. The fourth-order valence-corrected chi connectivity index (χ4v) is 3.31. The van der Waals surface area contributed by atoms with Crippen LogP contribution >= 0.6 is 0 Å². The van der Waals surface area contributed by atoms with Gasteiger partial charge in [-0.15, -0.1) is 0 Å². The minimum Gasteiger partial charge on any atom is -0.378 e. The molecule has 1 heterocycles. The van der Waals surface area contributed by atoms with Gasteiger partial charge < -0.3 is 15.4 Å². The summed E-state index contributed by atoms with van der Waals surface area (Å²) >= 11 is 0. The Kier molecular flexibility index (Phi) is 5.58. The summed E-state index contributed by atoms with van der Waals surface area (Å²) in [6.45, 7) is 2.86. The first-order valence-corrected chi connectivity index (χ1v) is 8.75. The van der Waals surface area contributed by atoms with E-state index in [4.69, 9.17) is 15.6 Å². The third kappa shape index (κ3) is 4.41. The van der Waals surface area contributed by atoms with E-state index in [9.17, 15) is 8.42 Å². The van der Waals surface area contributed by atoms with E-state index in [0.717, 1.165) is 32.4 Å². The minimum atomic E-state index is -3.70. The Morgan fingerprint density at radius 2 is 1.90 bits per heavy atom. The first kappa shape index (κ1) is 16.2. The van der Waals surface area contributed by atoms with Crippen LogP contribution in [0.15, 0.2) is 29.2 Å². The Labute approximate surface area is 126 Å². The highest BCUT2D eigenvalue weighted by molar-refractivity contribution is 7.89. The summed E-state index contributed by atoms with van der Waals surface area (Å²) in [4.78, 5) is 2.25. The Balaban J connectivity index is 2.00. The largest absolute Gasteiger partial charge is 0.378 e. The Bertz CT molecular complexity index is 554. The van der Waals surface area contributed by atoms with Crippen LogP contribution in [0.25, 0.3) is 0 Å². The molecule has 1 saturated heterocycles. The molecule has 0 bridgehead atoms. The molecule has 7 heteroatoms. The zero-order valence-electron chi connectivity index (χ0n) is 12.1. The average molecular weight is 313 g/mol. The fourth-order valence-electron chi connectivity index (χ4n) is 2.56. The van der Waals surface area contributed by atoms with Gasteiger partial charge in [0.25, 0.3) is 0 Å². The summed E-state index contributed by atoms with van der Waals surface area (Å²) in [6.07, 6.45) is 2.86. The van der Waals surface area contributed by atoms with Crippen molar-refractivity contribution in [3.8, 4) is 0 Å². The molecule has 2 rings (SSSR count). The van der Waals surface area contributed by atoms with E-state index in [1.807, 2.05) is 6.07 Å². The predicted octanol–water partition coefficient (Wildman–Crippen LogP) is 0.668. The van der Waals surface area contributed by atoms with Crippen LogP contribution in [-0.2, 0) is 14.8 Å². The molecule has 0 spiro atoms. The highest BCUT2D eigenvalue weighted by atomic mass is 32.2. The van der Waals surface area contributed by atoms with Crippen LogP contribution in [0, 0.1) is 0 Å². The predicted molar refractivity (Wildman–Crippen MR) is 82.7 cm³/mol. The van der Waals surface area contributed by atoms with Crippen molar-refractivity contribution in [1.29, 1.82) is 0 Å². The van der Waals surface area contributed by atoms with Gasteiger partial charge in [-0.2, -0.15) is 0 Å². The monoisotopic (exact) mass is 313 g/mol. The number of sulfonamides is 1. The SMILES string of the molecule is NCCCOC1CCN(c2ccccc2S(N)(=O)=O)CC1. The van der Waals surface area contributed by atoms with Crippen LogP contribution in [0.2, 0.25) is 0 Å². The molecule has 4 N–H and O–H groups in total. The van der Waals surface area contributed by atoms with Gasteiger partial charge in [0.1, 0.15) is 4.90 Å². The van der Waals surface area contributed by atoms with E-state index in [2.05, 4.69) is 4.90 Å². The topological polar surface area (TPSA) is 98.7 Å². The lowest BCUT2D eigenvalue weighted by atomic mass is 10.1. The molecule has 1 aromatic rings. The zero-order valence-corrected chi connectivity index (χ0v) is 12.9. The number of hydrogen-bond acceptors (Lipinski definition) is 5. The number of para-hydroxylation sites is 1. The summed E-state index contributed by atoms with van der Waals surface area (Å²) in [5.41, 5.74) is 6.12. The van der Waals surface area contributed by atoms with Crippen LogP contribution in [0.4, 0.5) is 5.69 Å². The molecule has 1 aromatic carbocycles. The van der Waals surface area contributed by atoms with Crippen molar-refractivity contribution in [1.82, 2.24) is 0 Å². The van der Waals surface area contributed by atoms with Gasteiger partial charge in [0.05, 0.1) is 11.8 Å². The molecule has 0 radical (unpaired) electrons. The molecule has 0 amide bonds. The molecule has 0 unspecified atom stereocenters. The molecular formula is C14H23N3O3S. The molecule has 1 aliphatic rings. The molecule has 118 valence electrons. The number of nitrogens with zero attached hydrogens (tertiary/aromatic N) is 1. The van der Waals surface area contributed by atoms with Crippen molar-refractivity contribution >= 4 is 15.7 Å². The third-order valence-electron chi connectivity index (χ3n) is 3.66. The van der Waals surface area contributed by atoms with E-state index < -0.39 is 10.0 Å². The first-order valence-electron chi connectivity index (χ1n) is 7.21. The molecule has 0 atom stereocenters. The van der Waals surface area contributed by atoms with E-state index >= 15 is 0 Å². The average Bonchev–Trinajstić information content (AvgIpc) is 2.47. The van der Waals surface area contributed by atoms with Crippen LogP contribution < -0.4 is 15.8 Å². The van der Waals surface area contributed by atoms with Crippen molar-refractivity contribution in [3.63, 3.8) is 0 Å². The molecule has 0 aliphatic carbocycles. The number of benzene rings is 1. The number of rotatable bonds is 6. The lowest BCUT2D eigenvalue weighted by molar-refractivity contribution is 0.0366. The van der Waals surface area contributed by atoms with Gasteiger partial charge >= 0.3 is 0 Å². The van der Waals surface area contributed by atoms with Crippen LogP contribution in [-0.4, -0.2) is 40.8 Å². The second kappa shape index (κ2) is 7.22. The number of ether oxygens (including phenoxy) is 1. The summed E-state index contributed by atoms with van der Waals surface area (Å²) < 4.78 is 29.1. The lowest BCUT2D eigenvalue weighted by Crippen LogP contribution is -2.38. The van der Waals surface area contributed by atoms with Gasteiger partial charge in [0.2, 0.25) is 10.0 Å². The smallest absolute Gasteiger partial charge is 0.240 e. The van der Waals surface area contributed by atoms with Gasteiger partial charge in [-0.05, 0) is 37.9 Å². The number of hydrogen-bond donors (Lipinski definition) is 2. The van der Waals surface area contributed by atoms with Crippen molar-refractivity contribution in [3.05, 3.63) is 24.3 Å². The van der Waals surface area contributed by atoms with Gasteiger partial charge in [-0.1, -0.05) is 12.1 Å². The van der Waals surface area contributed by atoms with Gasteiger partial charge in [0.15, 0.2) is 0 Å². The van der Waals surface area contributed by atoms with Gasteiger partial charge in [0, 0.05) is 19.7 Å². The van der Waals surface area contributed by atoms with E-state index in [0.29, 0.717) is 18.8 Å². The quantitative estimate of drug-likeness (QED) is 0.752. The minimum absolute atomic E-state index is 0.188. The molecule has 1 aliphatic heterocycles. The Morgan fingerprint density at radius 1 is 1.24 bits per heavy atom. The highest BCUT2D eigenvalue weighted by Crippen LogP contribution is 2.27. The normalized spacial score (nSPS) is 17.1. The molecule has 6 nitrogen and oxygen atoms in total. The second-order valence-electron chi connectivity index (χ2n) is 5.21. The third-order valence-corrected chi connectivity index (χ3v) is 4.61. The van der Waals surface area contributed by atoms with Crippen molar-refractivity contribution < 1.29 is 13.2 Å². The number of piperidine rings is 1. The number of anilines is 1. The summed E-state index contributed by atoms with van der Waals surface area (Å²) in [5.74, 6) is 0. The maximum absolute atomic E-state index is 11.6. The summed E-state index contributed by atoms with van der Waals surface area (Å²) in [5, 5.41) is 5.28. The molecule has 21 heavy (non-hydrogen) atoms. The van der Waals surface area contributed by atoms with E-state index in [-0.39, 0.29) is 11.0 Å². The summed E-state index contributed by atoms with van der Waals surface area (Å²) in [7, 11) is -3.70. The first-order chi connectivity index (χ1) is 10.0. The van der Waals surface area contributed by atoms with Gasteiger partial charge in [-0.3, -0.25) is 0 Å². The van der Waals surface area contributed by atoms with Crippen LogP contribution in [0.5, 0.6) is 0 Å². The standard InChI is InChI=1S/C14H23N3O3S/c15-8-3-11-20-12-6-9-17(10-7-12)13-4-1-2-5-14(13)21(16,18)19/h1-2,4-5,12H,3,6-11,15H2,(H2,16,18,19). The van der Waals surface area contributed by atoms with E-state index in [1.54, 1.807) is 18.2 Å². The van der Waals surface area contributed by atoms with E-state index in [1.165, 1.54) is 0 Å². The lowest BCUT2D eigenvalue weighted by Gasteiger charge is -2.34. The fraction of sp³-hybridized carbons (Fsp3) is 0.571. The van der Waals surface area contributed by atoms with Crippen molar-refractivity contribution in [2.75, 3.05) is 31.1 Å². The zero-order chi connectivity index (χ0) is 15.3. The van der Waals surface area contributed by atoms with Gasteiger partial charge in [-0.25, -0.2) is 13.6 Å². The molecule has 1 fully saturated rings. The van der Waals surface area contributed by atoms with Crippen LogP contribution in [0.1, 0.15) is 19.3 Å².